The third kappa shape index (κ3) is 4.18. The Balaban J connectivity index is 1.27. The molecular formula is C27H29N3O4. The smallest absolute Gasteiger partial charge is 0.407 e. The van der Waals surface area contributed by atoms with Gasteiger partial charge in [0.05, 0.1) is 5.69 Å². The summed E-state index contributed by atoms with van der Waals surface area (Å²) in [6.45, 7) is 0.144. The maximum absolute atomic E-state index is 12.7. The molecule has 7 nitrogen and oxygen atoms in total. The van der Waals surface area contributed by atoms with Crippen molar-refractivity contribution in [2.75, 3.05) is 6.61 Å². The van der Waals surface area contributed by atoms with Gasteiger partial charge in [-0.3, -0.25) is 4.68 Å². The fourth-order valence-electron chi connectivity index (χ4n) is 5.38. The first-order chi connectivity index (χ1) is 16.5. The Morgan fingerprint density at radius 3 is 2.38 bits per heavy atom. The first kappa shape index (κ1) is 22.2. The molecule has 1 aromatic heterocycles. The molecule has 2 aliphatic carbocycles. The van der Waals surface area contributed by atoms with Gasteiger partial charge in [-0.1, -0.05) is 55.0 Å². The number of benzene rings is 2. The second-order valence-electron chi connectivity index (χ2n) is 9.12. The lowest BCUT2D eigenvalue weighted by Crippen LogP contribution is -2.43. The minimum absolute atomic E-state index is 0.0759. The van der Waals surface area contributed by atoms with Gasteiger partial charge in [0.2, 0.25) is 0 Å². The zero-order valence-electron chi connectivity index (χ0n) is 19.3. The molecule has 2 aromatic carbocycles. The molecule has 1 heterocycles. The van der Waals surface area contributed by atoms with Crippen molar-refractivity contribution in [1.29, 1.82) is 0 Å². The third-order valence-corrected chi connectivity index (χ3v) is 7.03. The number of fused-ring (bicyclic) bond motifs is 4. The molecule has 0 radical (unpaired) electrons. The molecule has 0 saturated carbocycles. The molecule has 5 rings (SSSR count). The number of rotatable bonds is 6. The van der Waals surface area contributed by atoms with Crippen LogP contribution in [0.2, 0.25) is 0 Å². The second-order valence-corrected chi connectivity index (χ2v) is 9.12. The van der Waals surface area contributed by atoms with Crippen LogP contribution in [0.4, 0.5) is 4.79 Å². The lowest BCUT2D eigenvalue weighted by atomic mass is 9.98. The van der Waals surface area contributed by atoms with Gasteiger partial charge >= 0.3 is 12.1 Å². The summed E-state index contributed by atoms with van der Waals surface area (Å²) < 4.78 is 7.42. The Kier molecular flexibility index (Phi) is 6.09. The number of carbonyl (C=O) groups is 2. The van der Waals surface area contributed by atoms with E-state index in [2.05, 4.69) is 22.5 Å². The molecule has 2 aliphatic rings. The van der Waals surface area contributed by atoms with Crippen LogP contribution in [0.15, 0.2) is 48.5 Å². The molecule has 0 fully saturated rings. The fourth-order valence-corrected chi connectivity index (χ4v) is 5.38. The normalized spacial score (nSPS) is 15.6. The van der Waals surface area contributed by atoms with Crippen LogP contribution in [0, 0.1) is 0 Å². The van der Waals surface area contributed by atoms with Gasteiger partial charge in [-0.25, -0.2) is 9.59 Å². The number of nitrogens with one attached hydrogen (secondary N) is 1. The van der Waals surface area contributed by atoms with Crippen LogP contribution in [0.1, 0.15) is 53.3 Å². The highest BCUT2D eigenvalue weighted by Gasteiger charge is 2.30. The number of hydrogen-bond acceptors (Lipinski definition) is 4. The van der Waals surface area contributed by atoms with Crippen LogP contribution in [0.3, 0.4) is 0 Å². The lowest BCUT2D eigenvalue weighted by Gasteiger charge is -2.17. The number of aryl methyl sites for hydroxylation is 1. The van der Waals surface area contributed by atoms with Crippen molar-refractivity contribution in [2.24, 2.45) is 7.05 Å². The molecule has 0 spiro atoms. The Labute approximate surface area is 198 Å². The minimum Gasteiger partial charge on any atom is -0.480 e. The van der Waals surface area contributed by atoms with Gasteiger partial charge in [-0.2, -0.15) is 5.10 Å². The number of aromatic nitrogens is 2. The van der Waals surface area contributed by atoms with Crippen molar-refractivity contribution in [3.8, 4) is 11.1 Å². The van der Waals surface area contributed by atoms with Crippen molar-refractivity contribution in [3.05, 3.63) is 76.6 Å². The molecule has 3 aromatic rings. The van der Waals surface area contributed by atoms with Gasteiger partial charge in [-0.05, 0) is 53.5 Å². The van der Waals surface area contributed by atoms with Crippen molar-refractivity contribution in [2.45, 2.75) is 50.5 Å². The van der Waals surface area contributed by atoms with Crippen LogP contribution in [-0.4, -0.2) is 39.6 Å². The van der Waals surface area contributed by atoms with E-state index in [0.717, 1.165) is 65.6 Å². The average molecular weight is 460 g/mol. The number of ether oxygens (including phenoxy) is 1. The summed E-state index contributed by atoms with van der Waals surface area (Å²) in [5.74, 6) is -1.17. The molecule has 2 N–H and O–H groups in total. The molecule has 176 valence electrons. The van der Waals surface area contributed by atoms with E-state index in [-0.39, 0.29) is 18.9 Å². The fraction of sp³-hybridized carbons (Fsp3) is 0.370. The summed E-state index contributed by atoms with van der Waals surface area (Å²) in [5.41, 5.74) is 7.59. The standard InChI is InChI=1S/C27H29N3O4/c1-30-25-14-4-2-3-13-21(25)23(29-30)15-24(26(31)32)28-27(33)34-16-22-19-11-7-5-9-17(19)18-10-6-8-12-20(18)22/h5-12,22,24H,2-4,13-16H2,1H3,(H,28,33)(H,31,32)/t24-/m0/s1. The van der Waals surface area contributed by atoms with Crippen LogP contribution >= 0.6 is 0 Å². The Bertz CT molecular complexity index is 1190. The molecule has 0 bridgehead atoms. The molecule has 34 heavy (non-hydrogen) atoms. The van der Waals surface area contributed by atoms with E-state index in [0.29, 0.717) is 0 Å². The van der Waals surface area contributed by atoms with Gasteiger partial charge in [0.15, 0.2) is 0 Å². The molecule has 0 saturated heterocycles. The molecule has 1 amide bonds. The quantitative estimate of drug-likeness (QED) is 0.538. The number of aliphatic carboxylic acids is 1. The third-order valence-electron chi connectivity index (χ3n) is 7.03. The number of carboxylic acids is 1. The van der Waals surface area contributed by atoms with Crippen LogP contribution in [0.25, 0.3) is 11.1 Å². The van der Waals surface area contributed by atoms with Gasteiger partial charge < -0.3 is 15.2 Å². The monoisotopic (exact) mass is 459 g/mol. The predicted octanol–water partition coefficient (Wildman–Crippen LogP) is 4.22. The van der Waals surface area contributed by atoms with Crippen LogP contribution in [0.5, 0.6) is 0 Å². The Hall–Kier alpha value is -3.61. The molecule has 1 atom stereocenters. The summed E-state index contributed by atoms with van der Waals surface area (Å²) in [6.07, 6.45) is 4.62. The maximum Gasteiger partial charge on any atom is 0.407 e. The summed E-state index contributed by atoms with van der Waals surface area (Å²) in [6, 6.07) is 15.1. The van der Waals surface area contributed by atoms with E-state index < -0.39 is 18.1 Å². The zero-order chi connectivity index (χ0) is 23.7. The average Bonchev–Trinajstić information content (AvgIpc) is 3.17. The van der Waals surface area contributed by atoms with E-state index in [1.807, 2.05) is 48.1 Å². The number of alkyl carbamates (subject to hydrolysis) is 1. The van der Waals surface area contributed by atoms with Gasteiger partial charge in [-0.15, -0.1) is 0 Å². The first-order valence-corrected chi connectivity index (χ1v) is 11.9. The van der Waals surface area contributed by atoms with E-state index in [1.165, 1.54) is 5.69 Å². The first-order valence-electron chi connectivity index (χ1n) is 11.9. The van der Waals surface area contributed by atoms with Gasteiger partial charge in [0.25, 0.3) is 0 Å². The summed E-state index contributed by atoms with van der Waals surface area (Å²) in [7, 11) is 1.91. The summed E-state index contributed by atoms with van der Waals surface area (Å²) in [5, 5.41) is 16.9. The zero-order valence-corrected chi connectivity index (χ0v) is 19.3. The van der Waals surface area contributed by atoms with E-state index in [1.54, 1.807) is 0 Å². The van der Waals surface area contributed by atoms with Crippen molar-refractivity contribution in [1.82, 2.24) is 15.1 Å². The van der Waals surface area contributed by atoms with Gasteiger partial charge in [0, 0.05) is 25.1 Å². The highest BCUT2D eigenvalue weighted by molar-refractivity contribution is 5.81. The van der Waals surface area contributed by atoms with Crippen molar-refractivity contribution < 1.29 is 19.4 Å². The SMILES string of the molecule is Cn1nc(C[C@H](NC(=O)OCC2c3ccccc3-c3ccccc32)C(=O)O)c2c1CCCCC2. The number of carbonyl (C=O) groups excluding carboxylic acids is 1. The van der Waals surface area contributed by atoms with E-state index in [9.17, 15) is 14.7 Å². The van der Waals surface area contributed by atoms with Crippen LogP contribution in [-0.2, 0) is 35.8 Å². The number of hydrogen-bond donors (Lipinski definition) is 2. The number of nitrogens with zero attached hydrogens (tertiary/aromatic N) is 2. The lowest BCUT2D eigenvalue weighted by molar-refractivity contribution is -0.139. The topological polar surface area (TPSA) is 93.5 Å². The van der Waals surface area contributed by atoms with Crippen LogP contribution < -0.4 is 5.32 Å². The Morgan fingerprint density at radius 1 is 1.06 bits per heavy atom. The number of amides is 1. The van der Waals surface area contributed by atoms with E-state index in [4.69, 9.17) is 4.74 Å². The molecule has 0 unspecified atom stereocenters. The Morgan fingerprint density at radius 2 is 1.71 bits per heavy atom. The molecule has 7 heteroatoms. The molecular weight excluding hydrogens is 430 g/mol. The van der Waals surface area contributed by atoms with Gasteiger partial charge in [0.1, 0.15) is 12.6 Å². The predicted molar refractivity (Wildman–Crippen MR) is 128 cm³/mol. The largest absolute Gasteiger partial charge is 0.480 e. The number of carboxylic acid groups (broad SMARTS) is 1. The minimum atomic E-state index is -1.10. The van der Waals surface area contributed by atoms with Crippen molar-refractivity contribution >= 4 is 12.1 Å². The molecule has 0 aliphatic heterocycles. The highest BCUT2D eigenvalue weighted by atomic mass is 16.5. The summed E-state index contributed by atoms with van der Waals surface area (Å²) >= 11 is 0. The summed E-state index contributed by atoms with van der Waals surface area (Å²) in [4.78, 5) is 24.6. The highest BCUT2D eigenvalue weighted by Crippen LogP contribution is 2.44. The second kappa shape index (κ2) is 9.33. The van der Waals surface area contributed by atoms with E-state index >= 15 is 0 Å². The van der Waals surface area contributed by atoms with Crippen molar-refractivity contribution in [3.63, 3.8) is 0 Å². The maximum atomic E-state index is 12.7.